The van der Waals surface area contributed by atoms with Crippen molar-refractivity contribution in [3.63, 3.8) is 0 Å². The zero-order valence-corrected chi connectivity index (χ0v) is 19.9. The van der Waals surface area contributed by atoms with Gasteiger partial charge in [0.1, 0.15) is 6.61 Å². The molecule has 0 aliphatic carbocycles. The summed E-state index contributed by atoms with van der Waals surface area (Å²) in [6.07, 6.45) is 2.45. The number of fused-ring (bicyclic) bond motifs is 1. The van der Waals surface area contributed by atoms with Crippen LogP contribution >= 0.6 is 0 Å². The van der Waals surface area contributed by atoms with Crippen molar-refractivity contribution in [2.45, 2.75) is 44.1 Å². The Morgan fingerprint density at radius 2 is 1.76 bits per heavy atom. The molecule has 8 nitrogen and oxygen atoms in total. The molecule has 0 bridgehead atoms. The highest BCUT2D eigenvalue weighted by molar-refractivity contribution is 7.89. The molecule has 2 aliphatic rings. The molecule has 4 rings (SSSR count). The first-order valence-electron chi connectivity index (χ1n) is 11.5. The zero-order chi connectivity index (χ0) is 23.4. The van der Waals surface area contributed by atoms with Crippen molar-refractivity contribution in [1.82, 2.24) is 4.31 Å². The maximum Gasteiger partial charge on any atom is 0.269 e. The van der Waals surface area contributed by atoms with Crippen LogP contribution in [0.15, 0.2) is 47.4 Å². The zero-order valence-electron chi connectivity index (χ0n) is 19.1. The van der Waals surface area contributed by atoms with E-state index in [0.717, 1.165) is 31.6 Å². The van der Waals surface area contributed by atoms with Crippen LogP contribution in [-0.4, -0.2) is 57.5 Å². The molecule has 1 saturated heterocycles. The Hall–Kier alpha value is -2.78. The van der Waals surface area contributed by atoms with E-state index >= 15 is 0 Å². The van der Waals surface area contributed by atoms with Crippen LogP contribution in [0, 0.1) is 0 Å². The van der Waals surface area contributed by atoms with Crippen LogP contribution in [-0.2, 0) is 14.8 Å². The minimum Gasteiger partial charge on any atom is -0.485 e. The molecule has 1 atom stereocenters. The molecule has 0 spiro atoms. The molecular formula is C24H31N3O5S. The summed E-state index contributed by atoms with van der Waals surface area (Å²) < 4.78 is 39.2. The highest BCUT2D eigenvalue weighted by Crippen LogP contribution is 2.34. The molecular weight excluding hydrogens is 442 g/mol. The predicted molar refractivity (Wildman–Crippen MR) is 128 cm³/mol. The monoisotopic (exact) mass is 473 g/mol. The molecule has 33 heavy (non-hydrogen) atoms. The largest absolute Gasteiger partial charge is 0.485 e. The third kappa shape index (κ3) is 4.94. The van der Waals surface area contributed by atoms with Gasteiger partial charge in [0, 0.05) is 26.2 Å². The lowest BCUT2D eigenvalue weighted by molar-refractivity contribution is -0.125. The molecule has 2 aromatic rings. The molecule has 0 saturated carbocycles. The number of nitrogens with zero attached hydrogens (tertiary/aromatic N) is 2. The Labute approximate surface area is 195 Å². The molecule has 0 unspecified atom stereocenters. The van der Waals surface area contributed by atoms with Gasteiger partial charge in [0.25, 0.3) is 5.91 Å². The Morgan fingerprint density at radius 3 is 2.45 bits per heavy atom. The lowest BCUT2D eigenvalue weighted by Crippen LogP contribution is -2.40. The molecule has 0 radical (unpaired) electrons. The van der Waals surface area contributed by atoms with Crippen molar-refractivity contribution in [3.05, 3.63) is 42.5 Å². The first kappa shape index (κ1) is 23.4. The average molecular weight is 474 g/mol. The number of carbonyl (C=O) groups is 1. The van der Waals surface area contributed by atoms with Crippen molar-refractivity contribution < 1.29 is 22.7 Å². The fourth-order valence-electron chi connectivity index (χ4n) is 4.26. The van der Waals surface area contributed by atoms with E-state index in [4.69, 9.17) is 9.47 Å². The number of carbonyl (C=O) groups excluding carboxylic acids is 1. The lowest BCUT2D eigenvalue weighted by Gasteiger charge is -2.32. The Balaban J connectivity index is 1.63. The van der Waals surface area contributed by atoms with Gasteiger partial charge < -0.3 is 19.7 Å². The van der Waals surface area contributed by atoms with E-state index in [1.807, 2.05) is 26.0 Å². The summed E-state index contributed by atoms with van der Waals surface area (Å²) in [6, 6.07) is 12.2. The predicted octanol–water partition coefficient (Wildman–Crippen LogP) is 3.49. The Bertz CT molecular complexity index is 1100. The summed E-state index contributed by atoms with van der Waals surface area (Å²) in [6.45, 7) is 6.18. The van der Waals surface area contributed by atoms with Gasteiger partial charge >= 0.3 is 0 Å². The van der Waals surface area contributed by atoms with E-state index < -0.39 is 16.1 Å². The van der Waals surface area contributed by atoms with Crippen molar-refractivity contribution >= 4 is 27.3 Å². The number of ether oxygens (including phenoxy) is 2. The Morgan fingerprint density at radius 1 is 1.06 bits per heavy atom. The van der Waals surface area contributed by atoms with Gasteiger partial charge in [-0.15, -0.1) is 0 Å². The van der Waals surface area contributed by atoms with Crippen LogP contribution in [0.1, 0.15) is 33.1 Å². The smallest absolute Gasteiger partial charge is 0.269 e. The third-order valence-corrected chi connectivity index (χ3v) is 8.11. The van der Waals surface area contributed by atoms with E-state index in [1.54, 1.807) is 30.3 Å². The average Bonchev–Trinajstić information content (AvgIpc) is 2.84. The SMILES string of the molecule is CCN(CC)S(=O)(=O)c1ccc(N2CCCCC2)c(NC(=O)[C@H]2COc3ccccc3O2)c1. The summed E-state index contributed by atoms with van der Waals surface area (Å²) in [4.78, 5) is 15.5. The van der Waals surface area contributed by atoms with Gasteiger partial charge in [-0.25, -0.2) is 8.42 Å². The van der Waals surface area contributed by atoms with Crippen LogP contribution in [0.3, 0.4) is 0 Å². The van der Waals surface area contributed by atoms with E-state index in [0.29, 0.717) is 30.3 Å². The van der Waals surface area contributed by atoms with E-state index in [-0.39, 0.29) is 17.4 Å². The number of benzene rings is 2. The van der Waals surface area contributed by atoms with Crippen LogP contribution in [0.25, 0.3) is 0 Å². The lowest BCUT2D eigenvalue weighted by atomic mass is 10.1. The van der Waals surface area contributed by atoms with E-state index in [9.17, 15) is 13.2 Å². The van der Waals surface area contributed by atoms with Crippen molar-refractivity contribution in [3.8, 4) is 11.5 Å². The summed E-state index contributed by atoms with van der Waals surface area (Å²) in [5, 5.41) is 2.93. The first-order chi connectivity index (χ1) is 15.9. The van der Waals surface area contributed by atoms with E-state index in [2.05, 4.69) is 10.2 Å². The van der Waals surface area contributed by atoms with Gasteiger partial charge in [-0.1, -0.05) is 26.0 Å². The van der Waals surface area contributed by atoms with Crippen LogP contribution in [0.5, 0.6) is 11.5 Å². The summed E-state index contributed by atoms with van der Waals surface area (Å²) in [5.41, 5.74) is 1.29. The van der Waals surface area contributed by atoms with Gasteiger partial charge in [-0.3, -0.25) is 4.79 Å². The minimum absolute atomic E-state index is 0.0827. The van der Waals surface area contributed by atoms with Gasteiger partial charge in [-0.2, -0.15) is 4.31 Å². The number of anilines is 2. The molecule has 1 N–H and O–H groups in total. The molecule has 2 aromatic carbocycles. The Kier molecular flexibility index (Phi) is 7.09. The van der Waals surface area contributed by atoms with Gasteiger partial charge in [-0.05, 0) is 49.6 Å². The minimum atomic E-state index is -3.66. The maximum absolute atomic E-state index is 13.1. The molecule has 2 aliphatic heterocycles. The molecule has 9 heteroatoms. The second kappa shape index (κ2) is 10.0. The highest BCUT2D eigenvalue weighted by atomic mass is 32.2. The van der Waals surface area contributed by atoms with Crippen LogP contribution < -0.4 is 19.7 Å². The molecule has 2 heterocycles. The second-order valence-electron chi connectivity index (χ2n) is 8.17. The van der Waals surface area contributed by atoms with Crippen molar-refractivity contribution in [2.24, 2.45) is 0 Å². The second-order valence-corrected chi connectivity index (χ2v) is 10.1. The number of rotatable bonds is 7. The number of hydrogen-bond donors (Lipinski definition) is 1. The highest BCUT2D eigenvalue weighted by Gasteiger charge is 2.30. The van der Waals surface area contributed by atoms with Gasteiger partial charge in [0.2, 0.25) is 16.1 Å². The first-order valence-corrected chi connectivity index (χ1v) is 13.0. The normalized spacial score (nSPS) is 18.3. The number of para-hydroxylation sites is 2. The number of amides is 1. The van der Waals surface area contributed by atoms with Crippen LogP contribution in [0.2, 0.25) is 0 Å². The standard InChI is InChI=1S/C24H31N3O5S/c1-3-27(4-2)33(29,30)18-12-13-20(26-14-8-5-9-15-26)19(16-18)25-24(28)23-17-31-21-10-6-7-11-22(21)32-23/h6-7,10-13,16,23H,3-5,8-9,14-15,17H2,1-2H3,(H,25,28)/t23-/m1/s1. The molecule has 1 amide bonds. The van der Waals surface area contributed by atoms with E-state index in [1.165, 1.54) is 10.7 Å². The number of sulfonamides is 1. The fraction of sp³-hybridized carbons (Fsp3) is 0.458. The van der Waals surface area contributed by atoms with Crippen molar-refractivity contribution in [1.29, 1.82) is 0 Å². The summed E-state index contributed by atoms with van der Waals surface area (Å²) in [7, 11) is -3.66. The topological polar surface area (TPSA) is 88.2 Å². The van der Waals surface area contributed by atoms with Gasteiger partial charge in [0.05, 0.1) is 16.3 Å². The quantitative estimate of drug-likeness (QED) is 0.662. The van der Waals surface area contributed by atoms with Crippen molar-refractivity contribution in [2.75, 3.05) is 43.0 Å². The summed E-state index contributed by atoms with van der Waals surface area (Å²) >= 11 is 0. The molecule has 0 aromatic heterocycles. The molecule has 178 valence electrons. The number of piperidine rings is 1. The van der Waals surface area contributed by atoms with Gasteiger partial charge in [0.15, 0.2) is 11.5 Å². The summed E-state index contributed by atoms with van der Waals surface area (Å²) in [5.74, 6) is 0.737. The fourth-order valence-corrected chi connectivity index (χ4v) is 5.75. The molecule has 1 fully saturated rings. The maximum atomic E-state index is 13.1. The number of hydrogen-bond acceptors (Lipinski definition) is 6. The third-order valence-electron chi connectivity index (χ3n) is 6.07. The number of nitrogens with one attached hydrogen (secondary N) is 1. The van der Waals surface area contributed by atoms with Crippen LogP contribution in [0.4, 0.5) is 11.4 Å².